The molecule has 1 aromatic carbocycles. The van der Waals surface area contributed by atoms with Gasteiger partial charge in [-0.1, -0.05) is 23.4 Å². The molecular weight excluding hydrogens is 278 g/mol. The zero-order valence-corrected chi connectivity index (χ0v) is 12.7. The molecule has 7 nitrogen and oxygen atoms in total. The van der Waals surface area contributed by atoms with Crippen LogP contribution in [0.5, 0.6) is 0 Å². The molecule has 1 aliphatic heterocycles. The maximum absolute atomic E-state index is 4.50. The van der Waals surface area contributed by atoms with Crippen LogP contribution in [-0.4, -0.2) is 29.0 Å². The van der Waals surface area contributed by atoms with Gasteiger partial charge in [0.15, 0.2) is 5.82 Å². The van der Waals surface area contributed by atoms with Crippen LogP contribution in [0.1, 0.15) is 5.82 Å². The van der Waals surface area contributed by atoms with Crippen molar-refractivity contribution in [1.29, 1.82) is 0 Å². The van der Waals surface area contributed by atoms with Gasteiger partial charge in [0.25, 0.3) is 0 Å². The molecule has 0 bridgehead atoms. The van der Waals surface area contributed by atoms with Crippen LogP contribution in [0.15, 0.2) is 46.9 Å². The van der Waals surface area contributed by atoms with Crippen molar-refractivity contribution in [2.24, 2.45) is 10.3 Å². The van der Waals surface area contributed by atoms with E-state index < -0.39 is 0 Å². The summed E-state index contributed by atoms with van der Waals surface area (Å²) in [6.45, 7) is 1.87. The van der Waals surface area contributed by atoms with Crippen LogP contribution in [-0.2, 0) is 0 Å². The van der Waals surface area contributed by atoms with Crippen molar-refractivity contribution in [3.05, 3.63) is 52.9 Å². The molecule has 0 spiro atoms. The summed E-state index contributed by atoms with van der Waals surface area (Å²) in [5, 5.41) is 11.5. The van der Waals surface area contributed by atoms with E-state index in [1.54, 1.807) is 11.2 Å². The summed E-state index contributed by atoms with van der Waals surface area (Å²) in [5.74, 6) is 1.38. The van der Waals surface area contributed by atoms with Gasteiger partial charge in [-0.3, -0.25) is 0 Å². The quantitative estimate of drug-likeness (QED) is 0.876. The number of aromatic nitrogens is 2. The van der Waals surface area contributed by atoms with Gasteiger partial charge in [0, 0.05) is 26.5 Å². The fraction of sp³-hybridized carbons (Fsp3) is 0.200. The molecule has 0 amide bonds. The van der Waals surface area contributed by atoms with Gasteiger partial charge in [-0.15, -0.1) is 5.11 Å². The molecule has 7 heteroatoms. The van der Waals surface area contributed by atoms with Crippen molar-refractivity contribution in [2.45, 2.75) is 6.92 Å². The van der Waals surface area contributed by atoms with Crippen LogP contribution in [0.2, 0.25) is 0 Å². The molecule has 1 aromatic heterocycles. The van der Waals surface area contributed by atoms with E-state index in [9.17, 15) is 0 Å². The maximum Gasteiger partial charge on any atom is 0.188 e. The predicted octanol–water partition coefficient (Wildman–Crippen LogP) is 0.542. The molecule has 0 saturated carbocycles. The van der Waals surface area contributed by atoms with Gasteiger partial charge >= 0.3 is 0 Å². The third kappa shape index (κ3) is 2.73. The highest BCUT2D eigenvalue weighted by Gasteiger charge is 2.18. The smallest absolute Gasteiger partial charge is 0.188 e. The molecule has 0 aliphatic carbocycles. The highest BCUT2D eigenvalue weighted by atomic mass is 15.8. The first-order valence-corrected chi connectivity index (χ1v) is 6.89. The third-order valence-corrected chi connectivity index (χ3v) is 3.08. The Bertz CT molecular complexity index is 812. The lowest BCUT2D eigenvalue weighted by Gasteiger charge is -2.16. The number of aryl methyl sites for hydroxylation is 1. The number of para-hydroxylation sites is 1. The number of hydrogen-bond acceptors (Lipinski definition) is 7. The van der Waals surface area contributed by atoms with Crippen molar-refractivity contribution in [2.75, 3.05) is 19.1 Å². The van der Waals surface area contributed by atoms with Crippen molar-refractivity contribution in [1.82, 2.24) is 20.4 Å². The molecule has 22 heavy (non-hydrogen) atoms. The van der Waals surface area contributed by atoms with Crippen molar-refractivity contribution >= 4 is 17.7 Å². The van der Waals surface area contributed by atoms with E-state index in [-0.39, 0.29) is 0 Å². The lowest BCUT2D eigenvalue weighted by Crippen LogP contribution is -2.39. The van der Waals surface area contributed by atoms with Gasteiger partial charge < -0.3 is 4.90 Å². The molecule has 0 radical (unpaired) electrons. The number of hydrogen-bond donors (Lipinski definition) is 1. The molecule has 0 atom stereocenters. The van der Waals surface area contributed by atoms with E-state index in [4.69, 9.17) is 0 Å². The first kappa shape index (κ1) is 14.0. The van der Waals surface area contributed by atoms with E-state index in [0.29, 0.717) is 11.6 Å². The zero-order valence-electron chi connectivity index (χ0n) is 12.7. The maximum atomic E-state index is 4.50. The van der Waals surface area contributed by atoms with E-state index in [0.717, 1.165) is 16.3 Å². The molecule has 0 fully saturated rings. The highest BCUT2D eigenvalue weighted by molar-refractivity contribution is 5.66. The minimum absolute atomic E-state index is 0.666. The lowest BCUT2D eigenvalue weighted by atomic mass is 10.3. The first-order chi connectivity index (χ1) is 10.6. The Labute approximate surface area is 128 Å². The van der Waals surface area contributed by atoms with Crippen molar-refractivity contribution < 1.29 is 0 Å². The Hall–Kier alpha value is -2.96. The SMILES string of the molecule is Cc1ncc(=C2N=NNN2c2ccccc2)c(=CN(C)C)n1. The van der Waals surface area contributed by atoms with E-state index in [1.807, 2.05) is 62.5 Å². The summed E-state index contributed by atoms with van der Waals surface area (Å²) in [6.07, 6.45) is 3.71. The van der Waals surface area contributed by atoms with Gasteiger partial charge in [0.1, 0.15) is 5.82 Å². The summed E-state index contributed by atoms with van der Waals surface area (Å²) in [6, 6.07) is 9.85. The molecule has 1 aliphatic rings. The molecule has 112 valence electrons. The molecule has 2 heterocycles. The molecule has 1 N–H and O–H groups in total. The Morgan fingerprint density at radius 1 is 1.18 bits per heavy atom. The van der Waals surface area contributed by atoms with E-state index in [1.165, 1.54) is 0 Å². The number of rotatable bonds is 2. The van der Waals surface area contributed by atoms with Crippen molar-refractivity contribution in [3.63, 3.8) is 0 Å². The summed E-state index contributed by atoms with van der Waals surface area (Å²) < 4.78 is 0. The second kappa shape index (κ2) is 5.80. The number of benzene rings is 1. The number of hydrazine groups is 1. The monoisotopic (exact) mass is 295 g/mol. The second-order valence-corrected chi connectivity index (χ2v) is 5.10. The van der Waals surface area contributed by atoms with Gasteiger partial charge in [-0.25, -0.2) is 15.0 Å². The fourth-order valence-corrected chi connectivity index (χ4v) is 2.14. The first-order valence-electron chi connectivity index (χ1n) is 6.89. The van der Waals surface area contributed by atoms with Gasteiger partial charge in [-0.05, 0) is 19.1 Å². The molecule has 0 unspecified atom stereocenters. The topological polar surface area (TPSA) is 69.0 Å². The van der Waals surface area contributed by atoms with Crippen LogP contribution in [0.25, 0.3) is 12.0 Å². The van der Waals surface area contributed by atoms with Gasteiger partial charge in [0.2, 0.25) is 0 Å². The van der Waals surface area contributed by atoms with Crippen LogP contribution in [0.3, 0.4) is 0 Å². The molecule has 2 aromatic rings. The average molecular weight is 295 g/mol. The fourth-order valence-electron chi connectivity index (χ4n) is 2.14. The standard InChI is InChI=1S/C15H17N7/c1-11-16-9-13(14(17-11)10-21(2)3)15-18-19-20-22(15)12-7-5-4-6-8-12/h4-10H,1-3H3,(H,18,20). The molecular formula is C15H17N7. The van der Waals surface area contributed by atoms with Crippen LogP contribution in [0.4, 0.5) is 5.69 Å². The Morgan fingerprint density at radius 2 is 1.95 bits per heavy atom. The Balaban J connectivity index is 2.23. The lowest BCUT2D eigenvalue weighted by molar-refractivity contribution is 0.611. The van der Waals surface area contributed by atoms with Gasteiger partial charge in [0.05, 0.1) is 16.3 Å². The number of anilines is 1. The van der Waals surface area contributed by atoms with Crippen LogP contribution < -0.4 is 21.1 Å². The van der Waals surface area contributed by atoms with Crippen molar-refractivity contribution in [3.8, 4) is 0 Å². The highest BCUT2D eigenvalue weighted by Crippen LogP contribution is 2.20. The Morgan fingerprint density at radius 3 is 2.68 bits per heavy atom. The van der Waals surface area contributed by atoms with Crippen LogP contribution in [0, 0.1) is 6.92 Å². The summed E-state index contributed by atoms with van der Waals surface area (Å²) in [4.78, 5) is 10.7. The van der Waals surface area contributed by atoms with E-state index >= 15 is 0 Å². The minimum Gasteiger partial charge on any atom is -0.382 e. The van der Waals surface area contributed by atoms with E-state index in [2.05, 4.69) is 25.8 Å². The predicted molar refractivity (Wildman–Crippen MR) is 84.5 cm³/mol. The summed E-state index contributed by atoms with van der Waals surface area (Å²) in [5.41, 5.74) is 3.83. The second-order valence-electron chi connectivity index (χ2n) is 5.10. The average Bonchev–Trinajstić information content (AvgIpc) is 2.97. The summed E-state index contributed by atoms with van der Waals surface area (Å²) >= 11 is 0. The molecule has 0 saturated heterocycles. The van der Waals surface area contributed by atoms with Crippen LogP contribution >= 0.6 is 0 Å². The largest absolute Gasteiger partial charge is 0.382 e. The van der Waals surface area contributed by atoms with Gasteiger partial charge in [-0.2, -0.15) is 5.53 Å². The Kier molecular flexibility index (Phi) is 3.69. The zero-order chi connectivity index (χ0) is 15.5. The summed E-state index contributed by atoms with van der Waals surface area (Å²) in [7, 11) is 3.91. The normalized spacial score (nSPS) is 16.9. The molecule has 3 rings (SSSR count). The number of nitrogens with zero attached hydrogens (tertiary/aromatic N) is 6. The minimum atomic E-state index is 0.666. The number of nitrogens with one attached hydrogen (secondary N) is 1. The third-order valence-electron chi connectivity index (χ3n) is 3.08.